The standard InChI is InChI=1S/C16H20N4OS/c1-2-14-15(22-19-18-14)16(21)17-10-12-8-9-20(11-12)13-6-4-3-5-7-13/h3-7,12H,2,8-11H2,1H3,(H,17,21)/t12-/m1/s1. The van der Waals surface area contributed by atoms with Gasteiger partial charge in [-0.3, -0.25) is 4.79 Å². The zero-order valence-corrected chi connectivity index (χ0v) is 13.5. The topological polar surface area (TPSA) is 58.1 Å². The summed E-state index contributed by atoms with van der Waals surface area (Å²) >= 11 is 1.18. The maximum atomic E-state index is 12.2. The van der Waals surface area contributed by atoms with Crippen molar-refractivity contribution in [3.63, 3.8) is 0 Å². The molecule has 2 heterocycles. The molecule has 1 aliphatic heterocycles. The van der Waals surface area contributed by atoms with Crippen molar-refractivity contribution >= 4 is 23.1 Å². The van der Waals surface area contributed by atoms with Crippen LogP contribution in [0.3, 0.4) is 0 Å². The fourth-order valence-electron chi connectivity index (χ4n) is 2.80. The average molecular weight is 316 g/mol. The van der Waals surface area contributed by atoms with Crippen molar-refractivity contribution in [3.8, 4) is 0 Å². The lowest BCUT2D eigenvalue weighted by molar-refractivity contribution is 0.0951. The molecule has 116 valence electrons. The number of nitrogens with zero attached hydrogens (tertiary/aromatic N) is 3. The summed E-state index contributed by atoms with van der Waals surface area (Å²) < 4.78 is 3.87. The van der Waals surface area contributed by atoms with Gasteiger partial charge in [0.25, 0.3) is 5.91 Å². The van der Waals surface area contributed by atoms with E-state index in [-0.39, 0.29) is 5.91 Å². The first-order valence-electron chi connectivity index (χ1n) is 7.67. The second-order valence-corrected chi connectivity index (χ2v) is 6.30. The molecule has 1 amide bonds. The van der Waals surface area contributed by atoms with Crippen LogP contribution >= 0.6 is 11.5 Å². The molecule has 1 fully saturated rings. The van der Waals surface area contributed by atoms with Gasteiger partial charge in [-0.2, -0.15) is 0 Å². The summed E-state index contributed by atoms with van der Waals surface area (Å²) in [6.07, 6.45) is 1.85. The molecule has 1 aromatic carbocycles. The van der Waals surface area contributed by atoms with E-state index in [0.717, 1.165) is 31.6 Å². The minimum absolute atomic E-state index is 0.0370. The van der Waals surface area contributed by atoms with Crippen LogP contribution in [0.1, 0.15) is 28.7 Å². The molecule has 1 aromatic heterocycles. The first-order valence-corrected chi connectivity index (χ1v) is 8.44. The third-order valence-electron chi connectivity index (χ3n) is 4.06. The van der Waals surface area contributed by atoms with Crippen molar-refractivity contribution in [2.24, 2.45) is 5.92 Å². The summed E-state index contributed by atoms with van der Waals surface area (Å²) in [6, 6.07) is 10.4. The zero-order chi connectivity index (χ0) is 15.4. The SMILES string of the molecule is CCc1nnsc1C(=O)NC[C@H]1CCN(c2ccccc2)C1. The predicted octanol–water partition coefficient (Wildman–Crippen LogP) is 2.36. The van der Waals surface area contributed by atoms with Crippen LogP contribution < -0.4 is 10.2 Å². The molecule has 0 bridgehead atoms. The van der Waals surface area contributed by atoms with Gasteiger partial charge in [0.2, 0.25) is 0 Å². The van der Waals surface area contributed by atoms with Gasteiger partial charge in [0.05, 0.1) is 5.69 Å². The van der Waals surface area contributed by atoms with Crippen LogP contribution in [0.4, 0.5) is 5.69 Å². The molecule has 2 aromatic rings. The summed E-state index contributed by atoms with van der Waals surface area (Å²) in [5.41, 5.74) is 2.05. The van der Waals surface area contributed by atoms with Crippen molar-refractivity contribution in [1.82, 2.24) is 14.9 Å². The Balaban J connectivity index is 1.52. The van der Waals surface area contributed by atoms with E-state index in [2.05, 4.69) is 44.1 Å². The number of nitrogens with one attached hydrogen (secondary N) is 1. The van der Waals surface area contributed by atoms with E-state index < -0.39 is 0 Å². The Labute approximate surface area is 134 Å². The Kier molecular flexibility index (Phi) is 4.68. The van der Waals surface area contributed by atoms with Gasteiger partial charge in [-0.1, -0.05) is 29.6 Å². The minimum Gasteiger partial charge on any atom is -0.371 e. The molecule has 0 saturated carbocycles. The maximum absolute atomic E-state index is 12.2. The fraction of sp³-hybridized carbons (Fsp3) is 0.438. The number of para-hydroxylation sites is 1. The molecule has 0 aliphatic carbocycles. The highest BCUT2D eigenvalue weighted by molar-refractivity contribution is 7.08. The first kappa shape index (κ1) is 15.0. The smallest absolute Gasteiger partial charge is 0.264 e. The second-order valence-electron chi connectivity index (χ2n) is 5.55. The highest BCUT2D eigenvalue weighted by Gasteiger charge is 2.24. The third-order valence-corrected chi connectivity index (χ3v) is 4.82. The van der Waals surface area contributed by atoms with Crippen LogP contribution in [0.5, 0.6) is 0 Å². The van der Waals surface area contributed by atoms with Gasteiger partial charge in [0.15, 0.2) is 0 Å². The third kappa shape index (κ3) is 3.27. The zero-order valence-electron chi connectivity index (χ0n) is 12.7. The highest BCUT2D eigenvalue weighted by Crippen LogP contribution is 2.23. The Bertz CT molecular complexity index is 628. The van der Waals surface area contributed by atoms with E-state index in [9.17, 15) is 4.79 Å². The monoisotopic (exact) mass is 316 g/mol. The number of aromatic nitrogens is 2. The first-order chi connectivity index (χ1) is 10.8. The van der Waals surface area contributed by atoms with E-state index in [1.165, 1.54) is 17.2 Å². The highest BCUT2D eigenvalue weighted by atomic mass is 32.1. The van der Waals surface area contributed by atoms with Gasteiger partial charge in [-0.15, -0.1) is 5.10 Å². The van der Waals surface area contributed by atoms with Crippen molar-refractivity contribution in [3.05, 3.63) is 40.9 Å². The Morgan fingerprint density at radius 2 is 2.23 bits per heavy atom. The van der Waals surface area contributed by atoms with E-state index in [1.807, 2.05) is 13.0 Å². The van der Waals surface area contributed by atoms with Gasteiger partial charge >= 0.3 is 0 Å². The Hall–Kier alpha value is -1.95. The summed E-state index contributed by atoms with van der Waals surface area (Å²) in [4.78, 5) is 15.2. The van der Waals surface area contributed by atoms with E-state index >= 15 is 0 Å². The number of hydrogen-bond acceptors (Lipinski definition) is 5. The average Bonchev–Trinajstić information content (AvgIpc) is 3.22. The van der Waals surface area contributed by atoms with Crippen LogP contribution in [0.15, 0.2) is 30.3 Å². The summed E-state index contributed by atoms with van der Waals surface area (Å²) in [5.74, 6) is 0.458. The van der Waals surface area contributed by atoms with Crippen LogP contribution in [0.25, 0.3) is 0 Å². The quantitative estimate of drug-likeness (QED) is 0.920. The number of rotatable bonds is 5. The summed E-state index contributed by atoms with van der Waals surface area (Å²) in [6.45, 7) is 4.74. The molecule has 0 unspecified atom stereocenters. The summed E-state index contributed by atoms with van der Waals surface area (Å²) in [5, 5.41) is 7.03. The van der Waals surface area contributed by atoms with Crippen molar-refractivity contribution in [2.75, 3.05) is 24.5 Å². The molecule has 1 aliphatic rings. The predicted molar refractivity (Wildman–Crippen MR) is 88.4 cm³/mol. The molecule has 1 N–H and O–H groups in total. The van der Waals surface area contributed by atoms with Crippen LogP contribution in [0.2, 0.25) is 0 Å². The Morgan fingerprint density at radius 1 is 1.41 bits per heavy atom. The van der Waals surface area contributed by atoms with Gasteiger partial charge in [-0.05, 0) is 42.4 Å². The lowest BCUT2D eigenvalue weighted by Crippen LogP contribution is -2.31. The minimum atomic E-state index is -0.0370. The number of hydrogen-bond donors (Lipinski definition) is 1. The molecule has 22 heavy (non-hydrogen) atoms. The fourth-order valence-corrected chi connectivity index (χ4v) is 3.47. The van der Waals surface area contributed by atoms with Crippen molar-refractivity contribution in [1.29, 1.82) is 0 Å². The molecule has 1 atom stereocenters. The van der Waals surface area contributed by atoms with Gasteiger partial charge in [0, 0.05) is 25.3 Å². The molecule has 5 nitrogen and oxygen atoms in total. The molecule has 0 spiro atoms. The van der Waals surface area contributed by atoms with Crippen LogP contribution in [-0.4, -0.2) is 35.1 Å². The number of amides is 1. The van der Waals surface area contributed by atoms with Crippen molar-refractivity contribution in [2.45, 2.75) is 19.8 Å². The molecule has 1 saturated heterocycles. The maximum Gasteiger partial charge on any atom is 0.264 e. The summed E-state index contributed by atoms with van der Waals surface area (Å²) in [7, 11) is 0. The number of benzene rings is 1. The van der Waals surface area contributed by atoms with Gasteiger partial charge in [0.1, 0.15) is 4.88 Å². The normalized spacial score (nSPS) is 17.7. The molecule has 6 heteroatoms. The van der Waals surface area contributed by atoms with E-state index in [0.29, 0.717) is 17.3 Å². The number of aryl methyl sites for hydroxylation is 1. The number of carbonyl (C=O) groups is 1. The lowest BCUT2D eigenvalue weighted by atomic mass is 10.1. The van der Waals surface area contributed by atoms with Crippen LogP contribution in [0, 0.1) is 5.92 Å². The number of carbonyl (C=O) groups excluding carboxylic acids is 1. The van der Waals surface area contributed by atoms with E-state index in [4.69, 9.17) is 0 Å². The molecular weight excluding hydrogens is 296 g/mol. The van der Waals surface area contributed by atoms with Crippen LogP contribution in [-0.2, 0) is 6.42 Å². The Morgan fingerprint density at radius 3 is 3.00 bits per heavy atom. The van der Waals surface area contributed by atoms with Gasteiger partial charge < -0.3 is 10.2 Å². The molecular formula is C16H20N4OS. The van der Waals surface area contributed by atoms with E-state index in [1.54, 1.807) is 0 Å². The molecule has 3 rings (SSSR count). The molecule has 0 radical (unpaired) electrons. The lowest BCUT2D eigenvalue weighted by Gasteiger charge is -2.18. The second kappa shape index (κ2) is 6.87. The number of anilines is 1. The largest absolute Gasteiger partial charge is 0.371 e. The van der Waals surface area contributed by atoms with Crippen molar-refractivity contribution < 1.29 is 4.79 Å². The van der Waals surface area contributed by atoms with Gasteiger partial charge in [-0.25, -0.2) is 0 Å².